The van der Waals surface area contributed by atoms with E-state index in [0.717, 1.165) is 30.6 Å². The molecule has 1 N–H and O–H groups in total. The van der Waals surface area contributed by atoms with Crippen molar-refractivity contribution < 1.29 is 14.6 Å². The Morgan fingerprint density at radius 2 is 1.74 bits per heavy atom. The maximum absolute atomic E-state index is 11.9. The second kappa shape index (κ2) is 8.22. The van der Waals surface area contributed by atoms with E-state index in [1.54, 1.807) is 6.92 Å². The normalized spacial score (nSPS) is 52.3. The molecule has 5 rings (SSSR count). The SMILES string of the molecule is CC(=O)OC1CCC23CC24CCC2(C)C(C(C)CCCC(C)C)CCC2(C)C4C(O)CC3C1C. The Morgan fingerprint density at radius 1 is 1.00 bits per heavy atom. The van der Waals surface area contributed by atoms with Crippen LogP contribution in [0.1, 0.15) is 119 Å². The minimum atomic E-state index is -0.196. The van der Waals surface area contributed by atoms with Gasteiger partial charge in [-0.15, -0.1) is 0 Å². The lowest BCUT2D eigenvalue weighted by molar-refractivity contribution is -0.192. The minimum Gasteiger partial charge on any atom is -0.462 e. The first-order chi connectivity index (χ1) is 15.9. The van der Waals surface area contributed by atoms with Crippen LogP contribution in [0.4, 0.5) is 0 Å². The van der Waals surface area contributed by atoms with Crippen molar-refractivity contribution in [3.05, 3.63) is 0 Å². The highest BCUT2D eigenvalue weighted by molar-refractivity contribution is 5.66. The Kier molecular flexibility index (Phi) is 6.07. The van der Waals surface area contributed by atoms with E-state index in [0.29, 0.717) is 34.0 Å². The number of rotatable bonds is 6. The van der Waals surface area contributed by atoms with Crippen molar-refractivity contribution in [1.29, 1.82) is 0 Å². The summed E-state index contributed by atoms with van der Waals surface area (Å²) in [6.45, 7) is 16.3. The van der Waals surface area contributed by atoms with Crippen LogP contribution in [0.3, 0.4) is 0 Å². The van der Waals surface area contributed by atoms with Crippen molar-refractivity contribution in [1.82, 2.24) is 0 Å². The van der Waals surface area contributed by atoms with Gasteiger partial charge in [0.05, 0.1) is 6.10 Å². The Bertz CT molecular complexity index is 806. The molecule has 0 heterocycles. The van der Waals surface area contributed by atoms with Gasteiger partial charge >= 0.3 is 5.97 Å². The van der Waals surface area contributed by atoms with Crippen LogP contribution in [0.2, 0.25) is 0 Å². The predicted octanol–water partition coefficient (Wildman–Crippen LogP) is 7.40. The smallest absolute Gasteiger partial charge is 0.302 e. The molecule has 3 nitrogen and oxygen atoms in total. The zero-order chi connectivity index (χ0) is 24.7. The molecule has 0 amide bonds. The number of carbonyl (C=O) groups excluding carboxylic acids is 1. The van der Waals surface area contributed by atoms with Crippen LogP contribution in [-0.4, -0.2) is 23.3 Å². The van der Waals surface area contributed by atoms with Gasteiger partial charge in [0.2, 0.25) is 0 Å². The maximum Gasteiger partial charge on any atom is 0.302 e. The van der Waals surface area contributed by atoms with Gasteiger partial charge in [0, 0.05) is 6.92 Å². The molecule has 0 bridgehead atoms. The quantitative estimate of drug-likeness (QED) is 0.410. The molecular weight excluding hydrogens is 420 g/mol. The van der Waals surface area contributed by atoms with Crippen LogP contribution in [0.15, 0.2) is 0 Å². The van der Waals surface area contributed by atoms with Gasteiger partial charge < -0.3 is 9.84 Å². The summed E-state index contributed by atoms with van der Waals surface area (Å²) in [6.07, 6.45) is 13.7. The Labute approximate surface area is 209 Å². The molecule has 0 aromatic carbocycles. The number of hydrogen-bond donors (Lipinski definition) is 1. The summed E-state index contributed by atoms with van der Waals surface area (Å²) in [7, 11) is 0. The third kappa shape index (κ3) is 3.26. The van der Waals surface area contributed by atoms with Crippen molar-refractivity contribution in [3.8, 4) is 0 Å². The summed E-state index contributed by atoms with van der Waals surface area (Å²) in [5.74, 6) is 3.60. The molecule has 11 atom stereocenters. The van der Waals surface area contributed by atoms with Crippen LogP contribution in [0, 0.1) is 57.2 Å². The summed E-state index contributed by atoms with van der Waals surface area (Å²) in [5, 5.41) is 11.9. The Hall–Kier alpha value is -0.570. The molecule has 0 aliphatic heterocycles. The van der Waals surface area contributed by atoms with Gasteiger partial charge in [-0.1, -0.05) is 60.8 Å². The lowest BCUT2D eigenvalue weighted by Gasteiger charge is -2.63. The highest BCUT2D eigenvalue weighted by Gasteiger charge is 2.83. The summed E-state index contributed by atoms with van der Waals surface area (Å²) < 4.78 is 5.76. The molecule has 5 fully saturated rings. The van der Waals surface area contributed by atoms with Crippen LogP contribution in [0.5, 0.6) is 0 Å². The predicted molar refractivity (Wildman–Crippen MR) is 137 cm³/mol. The fourth-order valence-electron chi connectivity index (χ4n) is 11.4. The topological polar surface area (TPSA) is 46.5 Å². The molecule has 0 saturated heterocycles. The average Bonchev–Trinajstić information content (AvgIpc) is 3.31. The van der Waals surface area contributed by atoms with E-state index in [2.05, 4.69) is 41.5 Å². The molecule has 11 unspecified atom stereocenters. The highest BCUT2D eigenvalue weighted by atomic mass is 16.5. The lowest BCUT2D eigenvalue weighted by Crippen LogP contribution is -2.60. The van der Waals surface area contributed by atoms with Gasteiger partial charge in [-0.25, -0.2) is 0 Å². The number of hydrogen-bond acceptors (Lipinski definition) is 3. The van der Waals surface area contributed by atoms with Crippen LogP contribution in [0.25, 0.3) is 0 Å². The van der Waals surface area contributed by atoms with E-state index in [4.69, 9.17) is 4.74 Å². The van der Waals surface area contributed by atoms with E-state index in [-0.39, 0.29) is 23.6 Å². The first-order valence-electron chi connectivity index (χ1n) is 14.8. The van der Waals surface area contributed by atoms with E-state index in [9.17, 15) is 9.90 Å². The highest BCUT2D eigenvalue weighted by Crippen LogP contribution is 2.88. The second-order valence-corrected chi connectivity index (χ2v) is 14.7. The molecule has 5 saturated carbocycles. The zero-order valence-electron chi connectivity index (χ0n) is 23.2. The van der Waals surface area contributed by atoms with E-state index >= 15 is 0 Å². The third-order valence-electron chi connectivity index (χ3n) is 13.1. The van der Waals surface area contributed by atoms with Crippen LogP contribution < -0.4 is 0 Å². The van der Waals surface area contributed by atoms with Crippen molar-refractivity contribution in [2.75, 3.05) is 0 Å². The average molecular weight is 473 g/mol. The minimum absolute atomic E-state index is 0.0431. The number of ether oxygens (including phenoxy) is 1. The van der Waals surface area contributed by atoms with Gasteiger partial charge in [-0.2, -0.15) is 0 Å². The number of esters is 1. The van der Waals surface area contributed by atoms with E-state index in [1.165, 1.54) is 57.8 Å². The second-order valence-electron chi connectivity index (χ2n) is 14.7. The summed E-state index contributed by atoms with van der Waals surface area (Å²) in [4.78, 5) is 11.7. The number of aliphatic hydroxyl groups excluding tert-OH is 1. The van der Waals surface area contributed by atoms with Gasteiger partial charge in [0.1, 0.15) is 6.10 Å². The molecule has 0 aromatic heterocycles. The summed E-state index contributed by atoms with van der Waals surface area (Å²) >= 11 is 0. The van der Waals surface area contributed by atoms with Crippen LogP contribution in [-0.2, 0) is 9.53 Å². The fourth-order valence-corrected chi connectivity index (χ4v) is 11.4. The van der Waals surface area contributed by atoms with Crippen molar-refractivity contribution in [2.45, 2.75) is 131 Å². The molecule has 34 heavy (non-hydrogen) atoms. The molecule has 5 aliphatic rings. The lowest BCUT2D eigenvalue weighted by atomic mass is 9.42. The molecule has 5 aliphatic carbocycles. The van der Waals surface area contributed by atoms with Gasteiger partial charge in [0.25, 0.3) is 0 Å². The van der Waals surface area contributed by atoms with Gasteiger partial charge in [-0.05, 0) is 109 Å². The largest absolute Gasteiger partial charge is 0.462 e. The molecule has 0 radical (unpaired) electrons. The van der Waals surface area contributed by atoms with E-state index in [1.807, 2.05) is 0 Å². The number of aliphatic hydroxyl groups is 1. The monoisotopic (exact) mass is 472 g/mol. The van der Waals surface area contributed by atoms with Crippen molar-refractivity contribution in [2.24, 2.45) is 57.2 Å². The molecule has 0 aromatic rings. The molecule has 2 spiro atoms. The first-order valence-corrected chi connectivity index (χ1v) is 14.8. The van der Waals surface area contributed by atoms with Crippen molar-refractivity contribution in [3.63, 3.8) is 0 Å². The third-order valence-corrected chi connectivity index (χ3v) is 13.1. The van der Waals surface area contributed by atoms with E-state index < -0.39 is 0 Å². The zero-order valence-corrected chi connectivity index (χ0v) is 23.2. The molecule has 3 heteroatoms. The van der Waals surface area contributed by atoms with Gasteiger partial charge in [-0.3, -0.25) is 4.79 Å². The van der Waals surface area contributed by atoms with Crippen molar-refractivity contribution >= 4 is 5.97 Å². The Morgan fingerprint density at radius 3 is 2.41 bits per heavy atom. The summed E-state index contributed by atoms with van der Waals surface area (Å²) in [6, 6.07) is 0. The molecule has 194 valence electrons. The Balaban J connectivity index is 1.38. The maximum atomic E-state index is 11.9. The summed E-state index contributed by atoms with van der Waals surface area (Å²) in [5.41, 5.74) is 1.36. The number of carbonyl (C=O) groups is 1. The first kappa shape index (κ1) is 25.1. The standard InChI is InChI=1S/C31H52O3/c1-19(2)9-8-10-20(3)23-11-13-29(7)27-25(33)17-24-21(4)26(34-22(5)32)12-14-30(24)18-31(27,30)16-15-28(23,29)6/h19-21,23-27,33H,8-18H2,1-7H3. The fraction of sp³-hybridized carbons (Fsp3) is 0.968. The number of fused-ring (bicyclic) bond motifs is 2. The van der Waals surface area contributed by atoms with Gasteiger partial charge in [0.15, 0.2) is 0 Å². The molecular formula is C31H52O3. The van der Waals surface area contributed by atoms with Crippen LogP contribution >= 0.6 is 0 Å².